The Hall–Kier alpha value is -2.55. The topological polar surface area (TPSA) is 34.0 Å². The Bertz CT molecular complexity index is 744. The van der Waals surface area contributed by atoms with Gasteiger partial charge in [0.1, 0.15) is 0 Å². The first kappa shape index (κ1) is 12.5. The molecule has 3 rings (SSSR count). The molecule has 1 aromatic heterocycles. The standard InChI is InChI=1S/C17H16N2O/c1-2-17(20)19-12-15(14-10-6-7-11-16(14)19)18-13-8-4-3-5-9-13/h3-12,18H,2H2,1H3. The molecule has 3 nitrogen and oxygen atoms in total. The lowest BCUT2D eigenvalue weighted by Gasteiger charge is -2.03. The fraction of sp³-hybridized carbons (Fsp3) is 0.118. The number of anilines is 2. The van der Waals surface area contributed by atoms with Crippen molar-refractivity contribution in [2.45, 2.75) is 13.3 Å². The van der Waals surface area contributed by atoms with Crippen LogP contribution in [-0.4, -0.2) is 10.5 Å². The number of aromatic nitrogens is 1. The highest BCUT2D eigenvalue weighted by Crippen LogP contribution is 2.28. The summed E-state index contributed by atoms with van der Waals surface area (Å²) >= 11 is 0. The third kappa shape index (κ3) is 2.18. The molecule has 0 radical (unpaired) electrons. The number of rotatable bonds is 3. The average Bonchev–Trinajstić information content (AvgIpc) is 2.87. The molecule has 3 aromatic rings. The molecule has 0 bridgehead atoms. The van der Waals surface area contributed by atoms with E-state index < -0.39 is 0 Å². The van der Waals surface area contributed by atoms with Gasteiger partial charge in [-0.25, -0.2) is 0 Å². The number of carbonyl (C=O) groups is 1. The van der Waals surface area contributed by atoms with E-state index in [9.17, 15) is 4.79 Å². The zero-order valence-electron chi connectivity index (χ0n) is 11.3. The minimum absolute atomic E-state index is 0.0994. The van der Waals surface area contributed by atoms with Gasteiger partial charge in [-0.05, 0) is 18.2 Å². The van der Waals surface area contributed by atoms with Gasteiger partial charge in [0.2, 0.25) is 5.91 Å². The van der Waals surface area contributed by atoms with Gasteiger partial charge in [0, 0.05) is 23.7 Å². The van der Waals surface area contributed by atoms with Gasteiger partial charge in [-0.3, -0.25) is 9.36 Å². The first-order chi connectivity index (χ1) is 9.79. The van der Waals surface area contributed by atoms with Gasteiger partial charge >= 0.3 is 0 Å². The number of nitrogens with one attached hydrogen (secondary N) is 1. The highest BCUT2D eigenvalue weighted by atomic mass is 16.1. The summed E-state index contributed by atoms with van der Waals surface area (Å²) in [6, 6.07) is 17.9. The fourth-order valence-electron chi connectivity index (χ4n) is 2.33. The van der Waals surface area contributed by atoms with Crippen LogP contribution in [-0.2, 0) is 0 Å². The van der Waals surface area contributed by atoms with Gasteiger partial charge in [-0.2, -0.15) is 0 Å². The number of para-hydroxylation sites is 2. The predicted octanol–water partition coefficient (Wildman–Crippen LogP) is 4.44. The molecule has 20 heavy (non-hydrogen) atoms. The number of hydrogen-bond donors (Lipinski definition) is 1. The van der Waals surface area contributed by atoms with Gasteiger partial charge in [-0.15, -0.1) is 0 Å². The number of carbonyl (C=O) groups excluding carboxylic acids is 1. The summed E-state index contributed by atoms with van der Waals surface area (Å²) in [5, 5.41) is 4.43. The van der Waals surface area contributed by atoms with E-state index in [0.717, 1.165) is 22.3 Å². The lowest BCUT2D eigenvalue weighted by atomic mass is 10.2. The van der Waals surface area contributed by atoms with E-state index in [-0.39, 0.29) is 5.91 Å². The highest BCUT2D eigenvalue weighted by Gasteiger charge is 2.11. The quantitative estimate of drug-likeness (QED) is 0.759. The Morgan fingerprint density at radius 3 is 2.50 bits per heavy atom. The normalized spacial score (nSPS) is 10.7. The number of benzene rings is 2. The van der Waals surface area contributed by atoms with E-state index in [0.29, 0.717) is 6.42 Å². The monoisotopic (exact) mass is 264 g/mol. The molecule has 100 valence electrons. The van der Waals surface area contributed by atoms with Gasteiger partial charge in [0.25, 0.3) is 0 Å². The molecule has 0 aliphatic carbocycles. The van der Waals surface area contributed by atoms with Crippen molar-refractivity contribution in [3.63, 3.8) is 0 Å². The van der Waals surface area contributed by atoms with Crippen LogP contribution in [0.3, 0.4) is 0 Å². The van der Waals surface area contributed by atoms with Crippen molar-refractivity contribution in [3.05, 3.63) is 60.8 Å². The van der Waals surface area contributed by atoms with Crippen molar-refractivity contribution >= 4 is 28.2 Å². The molecule has 0 amide bonds. The molecule has 0 spiro atoms. The maximum Gasteiger partial charge on any atom is 0.230 e. The second-order valence-corrected chi connectivity index (χ2v) is 4.67. The summed E-state index contributed by atoms with van der Waals surface area (Å²) in [6.45, 7) is 1.88. The van der Waals surface area contributed by atoms with Crippen molar-refractivity contribution in [1.29, 1.82) is 0 Å². The number of hydrogen-bond acceptors (Lipinski definition) is 2. The molecule has 0 saturated heterocycles. The Morgan fingerprint density at radius 1 is 1.05 bits per heavy atom. The van der Waals surface area contributed by atoms with Crippen LogP contribution in [0, 0.1) is 0 Å². The molecular formula is C17H16N2O. The molecule has 0 saturated carbocycles. The first-order valence-corrected chi connectivity index (χ1v) is 6.75. The van der Waals surface area contributed by atoms with E-state index >= 15 is 0 Å². The minimum atomic E-state index is 0.0994. The van der Waals surface area contributed by atoms with Crippen LogP contribution in [0.2, 0.25) is 0 Å². The third-order valence-electron chi connectivity index (χ3n) is 3.34. The minimum Gasteiger partial charge on any atom is -0.354 e. The van der Waals surface area contributed by atoms with Crippen molar-refractivity contribution in [2.75, 3.05) is 5.32 Å². The number of fused-ring (bicyclic) bond motifs is 1. The van der Waals surface area contributed by atoms with Gasteiger partial charge in [-0.1, -0.05) is 43.3 Å². The van der Waals surface area contributed by atoms with Crippen LogP contribution < -0.4 is 5.32 Å². The maximum absolute atomic E-state index is 12.0. The Kier molecular flexibility index (Phi) is 3.25. The lowest BCUT2D eigenvalue weighted by molar-refractivity contribution is 0.0914. The molecule has 0 unspecified atom stereocenters. The summed E-state index contributed by atoms with van der Waals surface area (Å²) in [5.41, 5.74) is 2.91. The first-order valence-electron chi connectivity index (χ1n) is 6.75. The molecule has 0 atom stereocenters. The van der Waals surface area contributed by atoms with E-state index in [1.807, 2.05) is 67.7 Å². The largest absolute Gasteiger partial charge is 0.354 e. The molecule has 2 aromatic carbocycles. The maximum atomic E-state index is 12.0. The van der Waals surface area contributed by atoms with Gasteiger partial charge in [0.15, 0.2) is 0 Å². The van der Waals surface area contributed by atoms with E-state index in [1.165, 1.54) is 0 Å². The predicted molar refractivity (Wildman–Crippen MR) is 82.6 cm³/mol. The zero-order chi connectivity index (χ0) is 13.9. The molecule has 0 aliphatic heterocycles. The van der Waals surface area contributed by atoms with Crippen molar-refractivity contribution < 1.29 is 4.79 Å². The van der Waals surface area contributed by atoms with Gasteiger partial charge < -0.3 is 5.32 Å². The lowest BCUT2D eigenvalue weighted by Crippen LogP contribution is -2.06. The summed E-state index contributed by atoms with van der Waals surface area (Å²) in [6.07, 6.45) is 2.37. The molecule has 3 heteroatoms. The Morgan fingerprint density at radius 2 is 1.75 bits per heavy atom. The Balaban J connectivity index is 2.09. The van der Waals surface area contributed by atoms with Crippen LogP contribution in [0.1, 0.15) is 18.1 Å². The van der Waals surface area contributed by atoms with Crippen LogP contribution >= 0.6 is 0 Å². The van der Waals surface area contributed by atoms with E-state index in [4.69, 9.17) is 0 Å². The fourth-order valence-corrected chi connectivity index (χ4v) is 2.33. The van der Waals surface area contributed by atoms with Crippen molar-refractivity contribution in [1.82, 2.24) is 4.57 Å². The molecule has 0 aliphatic rings. The molecule has 1 heterocycles. The number of nitrogens with zero attached hydrogens (tertiary/aromatic N) is 1. The van der Waals surface area contributed by atoms with E-state index in [1.54, 1.807) is 4.57 Å². The van der Waals surface area contributed by atoms with Crippen molar-refractivity contribution in [2.24, 2.45) is 0 Å². The van der Waals surface area contributed by atoms with E-state index in [2.05, 4.69) is 5.32 Å². The second kappa shape index (κ2) is 5.21. The summed E-state index contributed by atoms with van der Waals surface area (Å²) in [4.78, 5) is 12.0. The smallest absolute Gasteiger partial charge is 0.230 e. The molecule has 1 N–H and O–H groups in total. The summed E-state index contributed by atoms with van der Waals surface area (Å²) in [7, 11) is 0. The van der Waals surface area contributed by atoms with Crippen LogP contribution in [0.5, 0.6) is 0 Å². The van der Waals surface area contributed by atoms with Crippen LogP contribution in [0.15, 0.2) is 60.8 Å². The average molecular weight is 264 g/mol. The zero-order valence-corrected chi connectivity index (χ0v) is 11.3. The van der Waals surface area contributed by atoms with Crippen LogP contribution in [0.4, 0.5) is 11.4 Å². The second-order valence-electron chi connectivity index (χ2n) is 4.67. The summed E-state index contributed by atoms with van der Waals surface area (Å²) < 4.78 is 1.72. The Labute approximate surface area is 117 Å². The molecule has 0 fully saturated rings. The van der Waals surface area contributed by atoms with Gasteiger partial charge in [0.05, 0.1) is 11.2 Å². The highest BCUT2D eigenvalue weighted by molar-refractivity contribution is 6.00. The third-order valence-corrected chi connectivity index (χ3v) is 3.34. The summed E-state index contributed by atoms with van der Waals surface area (Å²) in [5.74, 6) is 0.0994. The van der Waals surface area contributed by atoms with Crippen molar-refractivity contribution in [3.8, 4) is 0 Å². The molecular weight excluding hydrogens is 248 g/mol. The van der Waals surface area contributed by atoms with Crippen LogP contribution in [0.25, 0.3) is 10.9 Å². The SMILES string of the molecule is CCC(=O)n1cc(Nc2ccccc2)c2ccccc21.